The summed E-state index contributed by atoms with van der Waals surface area (Å²) in [6, 6.07) is 7.90. The van der Waals surface area contributed by atoms with E-state index >= 15 is 0 Å². The molecule has 0 bridgehead atoms. The minimum atomic E-state index is -3.45. The van der Waals surface area contributed by atoms with E-state index in [4.69, 9.17) is 0 Å². The fourth-order valence-corrected chi connectivity index (χ4v) is 3.78. The van der Waals surface area contributed by atoms with Crippen LogP contribution in [0, 0.1) is 2.88 Å². The zero-order chi connectivity index (χ0) is 15.6. The summed E-state index contributed by atoms with van der Waals surface area (Å²) in [6.45, 7) is 0. The van der Waals surface area contributed by atoms with Gasteiger partial charge in [-0.25, -0.2) is 12.7 Å². The first-order valence-corrected chi connectivity index (χ1v) is 9.28. The number of nitrogens with zero attached hydrogens (tertiary/aromatic N) is 1. The number of rotatable bonds is 4. The predicted molar refractivity (Wildman–Crippen MR) is 92.3 cm³/mol. The molecule has 0 aliphatic heterocycles. The van der Waals surface area contributed by atoms with Crippen molar-refractivity contribution in [3.05, 3.63) is 44.2 Å². The highest BCUT2D eigenvalue weighted by Crippen LogP contribution is 2.20. The van der Waals surface area contributed by atoms with Crippen LogP contribution >= 0.6 is 33.9 Å². The average Bonchev–Trinajstić information content (AvgIpc) is 2.86. The van der Waals surface area contributed by atoms with E-state index < -0.39 is 10.0 Å². The van der Waals surface area contributed by atoms with Crippen LogP contribution in [0.4, 0.5) is 5.69 Å². The molecule has 0 unspecified atom stereocenters. The highest BCUT2D eigenvalue weighted by Gasteiger charge is 2.17. The van der Waals surface area contributed by atoms with Gasteiger partial charge in [0.1, 0.15) is 0 Å². The Balaban J connectivity index is 2.15. The fraction of sp³-hybridized carbons (Fsp3) is 0.154. The molecule has 0 atom stereocenters. The Bertz CT molecular complexity index is 752. The van der Waals surface area contributed by atoms with Gasteiger partial charge in [0.05, 0.1) is 13.3 Å². The number of carbonyl (C=O) groups is 1. The Kier molecular flexibility index (Phi) is 5.02. The van der Waals surface area contributed by atoms with Crippen molar-refractivity contribution in [1.82, 2.24) is 4.31 Å². The van der Waals surface area contributed by atoms with E-state index in [1.807, 2.05) is 0 Å². The molecule has 2 aromatic rings. The maximum Gasteiger partial charge on any atom is 0.256 e. The number of halogens is 1. The second-order valence-corrected chi connectivity index (χ2v) is 9.36. The minimum absolute atomic E-state index is 0.190. The molecule has 21 heavy (non-hydrogen) atoms. The molecule has 1 N–H and O–H groups in total. The maximum atomic E-state index is 12.0. The van der Waals surface area contributed by atoms with Crippen molar-refractivity contribution < 1.29 is 13.2 Å². The van der Waals surface area contributed by atoms with E-state index in [9.17, 15) is 13.2 Å². The predicted octanol–water partition coefficient (Wildman–Crippen LogP) is 2.86. The van der Waals surface area contributed by atoms with Crippen LogP contribution in [0.25, 0.3) is 0 Å². The van der Waals surface area contributed by atoms with Gasteiger partial charge in [-0.15, -0.1) is 11.3 Å². The highest BCUT2D eigenvalue weighted by atomic mass is 127. The molecule has 5 nitrogen and oxygen atoms in total. The molecule has 1 aromatic carbocycles. The largest absolute Gasteiger partial charge is 0.322 e. The number of anilines is 1. The molecular weight excluding hydrogens is 423 g/mol. The van der Waals surface area contributed by atoms with Gasteiger partial charge in [-0.3, -0.25) is 4.79 Å². The number of benzene rings is 1. The van der Waals surface area contributed by atoms with Crippen molar-refractivity contribution in [3.8, 4) is 0 Å². The highest BCUT2D eigenvalue weighted by molar-refractivity contribution is 14.1. The molecule has 0 radical (unpaired) electrons. The van der Waals surface area contributed by atoms with Crippen LogP contribution in [0.1, 0.15) is 10.4 Å². The molecule has 1 aromatic heterocycles. The molecule has 1 amide bonds. The summed E-state index contributed by atoms with van der Waals surface area (Å²) in [4.78, 5) is 12.2. The quantitative estimate of drug-likeness (QED) is 0.750. The van der Waals surface area contributed by atoms with E-state index in [1.54, 1.807) is 23.6 Å². The average molecular weight is 436 g/mol. The molecule has 0 saturated carbocycles. The Hall–Kier alpha value is -0.970. The van der Waals surface area contributed by atoms with Crippen molar-refractivity contribution in [2.75, 3.05) is 19.4 Å². The van der Waals surface area contributed by atoms with Crippen LogP contribution in [-0.2, 0) is 10.0 Å². The zero-order valence-corrected chi connectivity index (χ0v) is 15.1. The Labute approximate surface area is 141 Å². The molecule has 0 aliphatic rings. The number of hydrogen-bond acceptors (Lipinski definition) is 4. The van der Waals surface area contributed by atoms with Crippen LogP contribution in [0.15, 0.2) is 40.6 Å². The fourth-order valence-electron chi connectivity index (χ4n) is 1.55. The van der Waals surface area contributed by atoms with E-state index in [2.05, 4.69) is 27.9 Å². The summed E-state index contributed by atoms with van der Waals surface area (Å²) < 4.78 is 26.0. The van der Waals surface area contributed by atoms with Crippen molar-refractivity contribution in [3.63, 3.8) is 0 Å². The third kappa shape index (κ3) is 3.82. The van der Waals surface area contributed by atoms with Crippen molar-refractivity contribution in [2.45, 2.75) is 4.90 Å². The summed E-state index contributed by atoms with van der Waals surface area (Å²) in [7, 11) is -0.499. The molecule has 0 saturated heterocycles. The van der Waals surface area contributed by atoms with Gasteiger partial charge in [-0.1, -0.05) is 0 Å². The van der Waals surface area contributed by atoms with Crippen LogP contribution in [0.3, 0.4) is 0 Å². The lowest BCUT2D eigenvalue weighted by atomic mass is 10.3. The van der Waals surface area contributed by atoms with Crippen LogP contribution < -0.4 is 5.32 Å². The molecule has 2 rings (SSSR count). The van der Waals surface area contributed by atoms with E-state index in [-0.39, 0.29) is 10.8 Å². The number of amides is 1. The van der Waals surface area contributed by atoms with E-state index in [0.29, 0.717) is 11.3 Å². The van der Waals surface area contributed by atoms with Crippen LogP contribution in [0.5, 0.6) is 0 Å². The summed E-state index contributed by atoms with van der Waals surface area (Å²) in [5.41, 5.74) is 1.15. The molecule has 0 spiro atoms. The minimum Gasteiger partial charge on any atom is -0.322 e. The first-order valence-electron chi connectivity index (χ1n) is 5.88. The standard InChI is InChI=1S/C13H13IN2O3S2/c1-16(2)21(18,19)11-5-3-10(4-6-11)15-13(17)9-7-12(14)20-8-9/h3-8H,1-2H3,(H,15,17). The Morgan fingerprint density at radius 2 is 1.86 bits per heavy atom. The van der Waals surface area contributed by atoms with E-state index in [0.717, 1.165) is 7.19 Å². The van der Waals surface area contributed by atoms with Gasteiger partial charge in [0, 0.05) is 25.2 Å². The van der Waals surface area contributed by atoms with Crippen molar-refractivity contribution in [1.29, 1.82) is 0 Å². The summed E-state index contributed by atoms with van der Waals surface area (Å²) in [5.74, 6) is -0.211. The number of sulfonamides is 1. The molecule has 8 heteroatoms. The Morgan fingerprint density at radius 3 is 2.33 bits per heavy atom. The molecule has 1 heterocycles. The van der Waals surface area contributed by atoms with Crippen molar-refractivity contribution >= 4 is 55.5 Å². The normalized spacial score (nSPS) is 11.6. The van der Waals surface area contributed by atoms with Gasteiger partial charge < -0.3 is 5.32 Å². The summed E-state index contributed by atoms with van der Waals surface area (Å²) >= 11 is 3.64. The number of thiophene rings is 1. The van der Waals surface area contributed by atoms with Gasteiger partial charge in [0.2, 0.25) is 10.0 Å². The Morgan fingerprint density at radius 1 is 1.24 bits per heavy atom. The third-order valence-corrected chi connectivity index (χ3v) is 6.34. The number of carbonyl (C=O) groups excluding carboxylic acids is 1. The molecule has 112 valence electrons. The van der Waals surface area contributed by atoms with Crippen LogP contribution in [-0.4, -0.2) is 32.7 Å². The summed E-state index contributed by atoms with van der Waals surface area (Å²) in [6.07, 6.45) is 0. The van der Waals surface area contributed by atoms with Crippen LogP contribution in [0.2, 0.25) is 0 Å². The molecule has 0 fully saturated rings. The lowest BCUT2D eigenvalue weighted by Crippen LogP contribution is -2.22. The van der Waals surface area contributed by atoms with Gasteiger partial charge >= 0.3 is 0 Å². The first kappa shape index (κ1) is 16.4. The molecule has 0 aliphatic carbocycles. The van der Waals surface area contributed by atoms with Gasteiger partial charge in [0.15, 0.2) is 0 Å². The van der Waals surface area contributed by atoms with Crippen molar-refractivity contribution in [2.24, 2.45) is 0 Å². The zero-order valence-electron chi connectivity index (χ0n) is 11.3. The van der Waals surface area contributed by atoms with Gasteiger partial charge in [-0.05, 0) is 52.9 Å². The SMILES string of the molecule is CN(C)S(=O)(=O)c1ccc(NC(=O)c2csc(I)c2)cc1. The van der Waals surface area contributed by atoms with E-state index in [1.165, 1.54) is 37.6 Å². The third-order valence-electron chi connectivity index (χ3n) is 2.72. The number of hydrogen-bond donors (Lipinski definition) is 1. The van der Waals surface area contributed by atoms with Gasteiger partial charge in [-0.2, -0.15) is 0 Å². The second-order valence-electron chi connectivity index (χ2n) is 4.41. The first-order chi connectivity index (χ1) is 9.80. The maximum absolute atomic E-state index is 12.0. The lowest BCUT2D eigenvalue weighted by molar-refractivity contribution is 0.102. The smallest absolute Gasteiger partial charge is 0.256 e. The second kappa shape index (κ2) is 6.42. The van der Waals surface area contributed by atoms with Gasteiger partial charge in [0.25, 0.3) is 5.91 Å². The molecular formula is C13H13IN2O3S2. The monoisotopic (exact) mass is 436 g/mol. The topological polar surface area (TPSA) is 66.5 Å². The summed E-state index contributed by atoms with van der Waals surface area (Å²) in [5, 5.41) is 4.52. The number of nitrogens with one attached hydrogen (secondary N) is 1. The lowest BCUT2D eigenvalue weighted by Gasteiger charge is -2.11.